The molecule has 0 saturated carbocycles. The Kier molecular flexibility index (Phi) is 4.88. The van der Waals surface area contributed by atoms with E-state index in [4.69, 9.17) is 4.74 Å². The van der Waals surface area contributed by atoms with Crippen molar-refractivity contribution in [2.75, 3.05) is 31.1 Å². The highest BCUT2D eigenvalue weighted by atomic mass is 19.1. The first-order valence-corrected chi connectivity index (χ1v) is 9.06. The van der Waals surface area contributed by atoms with E-state index in [1.807, 2.05) is 0 Å². The van der Waals surface area contributed by atoms with Gasteiger partial charge in [0.25, 0.3) is 5.91 Å². The van der Waals surface area contributed by atoms with E-state index in [0.717, 1.165) is 25.9 Å². The fraction of sp³-hybridized carbons (Fsp3) is 0.400. The minimum atomic E-state index is -0.415. The number of hydrogen-bond donors (Lipinski definition) is 0. The van der Waals surface area contributed by atoms with Crippen LogP contribution in [0.25, 0.3) is 0 Å². The largest absolute Gasteiger partial charge is 0.363 e. The number of rotatable bonds is 3. The Bertz CT molecular complexity index is 820. The summed E-state index contributed by atoms with van der Waals surface area (Å²) in [5.74, 6) is -0.741. The lowest BCUT2D eigenvalue weighted by molar-refractivity contribution is -0.145. The molecule has 1 aromatic heterocycles. The van der Waals surface area contributed by atoms with Crippen molar-refractivity contribution in [2.24, 2.45) is 0 Å². The number of carbonyl (C=O) groups is 1. The molecule has 2 aliphatic rings. The van der Waals surface area contributed by atoms with Crippen molar-refractivity contribution >= 4 is 11.6 Å². The van der Waals surface area contributed by atoms with Gasteiger partial charge in [0.2, 0.25) is 0 Å². The van der Waals surface area contributed by atoms with E-state index in [9.17, 15) is 13.6 Å². The lowest BCUT2D eigenvalue weighted by Crippen LogP contribution is -2.58. The van der Waals surface area contributed by atoms with Crippen molar-refractivity contribution in [3.63, 3.8) is 0 Å². The maximum atomic E-state index is 13.8. The molecule has 2 aliphatic heterocycles. The van der Waals surface area contributed by atoms with Crippen molar-refractivity contribution in [1.82, 2.24) is 9.88 Å². The summed E-state index contributed by atoms with van der Waals surface area (Å²) in [4.78, 5) is 20.2. The highest BCUT2D eigenvalue weighted by Crippen LogP contribution is 2.33. The third-order valence-electron chi connectivity index (χ3n) is 5.36. The topological polar surface area (TPSA) is 45.7 Å². The molecule has 4 rings (SSSR count). The summed E-state index contributed by atoms with van der Waals surface area (Å²) in [5, 5.41) is 0. The normalized spacial score (nSPS) is 20.2. The number of hydrogen-bond acceptors (Lipinski definition) is 4. The number of piperidine rings is 1. The van der Waals surface area contributed by atoms with Gasteiger partial charge in [-0.15, -0.1) is 0 Å². The van der Waals surface area contributed by atoms with Crippen LogP contribution >= 0.6 is 0 Å². The molecule has 0 aliphatic carbocycles. The fourth-order valence-electron chi connectivity index (χ4n) is 3.74. The van der Waals surface area contributed by atoms with Crippen molar-refractivity contribution in [3.8, 4) is 0 Å². The van der Waals surface area contributed by atoms with Crippen molar-refractivity contribution < 1.29 is 18.3 Å². The zero-order chi connectivity index (χ0) is 18.9. The molecule has 2 saturated heterocycles. The third kappa shape index (κ3) is 3.84. The maximum absolute atomic E-state index is 13.8. The second-order valence-corrected chi connectivity index (χ2v) is 7.14. The maximum Gasteiger partial charge on any atom is 0.253 e. The number of halogens is 2. The molecule has 0 unspecified atom stereocenters. The van der Waals surface area contributed by atoms with Gasteiger partial charge >= 0.3 is 0 Å². The zero-order valence-corrected chi connectivity index (χ0v) is 14.9. The van der Waals surface area contributed by atoms with Gasteiger partial charge in [0.15, 0.2) is 0 Å². The summed E-state index contributed by atoms with van der Waals surface area (Å²) in [6.45, 7) is 2.40. The number of ether oxygens (including phenoxy) is 1. The summed E-state index contributed by atoms with van der Waals surface area (Å²) >= 11 is 0. The van der Waals surface area contributed by atoms with Gasteiger partial charge in [-0.1, -0.05) is 0 Å². The number of benzene rings is 1. The summed E-state index contributed by atoms with van der Waals surface area (Å²) in [5.41, 5.74) is 0.713. The quantitative estimate of drug-likeness (QED) is 0.830. The van der Waals surface area contributed by atoms with Crippen LogP contribution in [-0.4, -0.2) is 47.6 Å². The van der Waals surface area contributed by atoms with Gasteiger partial charge in [-0.2, -0.15) is 0 Å². The van der Waals surface area contributed by atoms with E-state index in [1.54, 1.807) is 29.3 Å². The van der Waals surface area contributed by atoms with E-state index in [0.29, 0.717) is 24.5 Å². The molecular formula is C20H21F2N3O2. The second-order valence-electron chi connectivity index (χ2n) is 7.14. The van der Waals surface area contributed by atoms with Crippen molar-refractivity contribution in [1.29, 1.82) is 0 Å². The molecular weight excluding hydrogens is 352 g/mol. The highest BCUT2D eigenvalue weighted by Gasteiger charge is 2.42. The summed E-state index contributed by atoms with van der Waals surface area (Å²) in [6.07, 6.45) is 3.08. The molecule has 5 nitrogen and oxygen atoms in total. The Balaban J connectivity index is 1.42. The minimum absolute atomic E-state index is 0.0201. The van der Waals surface area contributed by atoms with E-state index in [-0.39, 0.29) is 24.1 Å². The van der Waals surface area contributed by atoms with E-state index in [2.05, 4.69) is 9.88 Å². The molecule has 1 spiro atoms. The molecule has 2 aromatic rings. The van der Waals surface area contributed by atoms with E-state index in [1.165, 1.54) is 18.2 Å². The van der Waals surface area contributed by atoms with Crippen LogP contribution in [0.4, 0.5) is 14.5 Å². The Hall–Kier alpha value is -2.38. The van der Waals surface area contributed by atoms with Crippen LogP contribution in [-0.2, 0) is 16.1 Å². The SMILES string of the molecule is O=C1COC2(CCN(Cc3ncccc3F)CC2)CN1c1ccc(F)cc1. The molecule has 142 valence electrons. The number of aromatic nitrogens is 1. The average Bonchev–Trinajstić information content (AvgIpc) is 2.68. The number of morpholine rings is 1. The van der Waals surface area contributed by atoms with Gasteiger partial charge in [0, 0.05) is 31.5 Å². The number of nitrogens with zero attached hydrogens (tertiary/aromatic N) is 3. The summed E-state index contributed by atoms with van der Waals surface area (Å²) in [6, 6.07) is 8.95. The lowest BCUT2D eigenvalue weighted by Gasteiger charge is -2.47. The number of anilines is 1. The minimum Gasteiger partial charge on any atom is -0.363 e. The monoisotopic (exact) mass is 373 g/mol. The average molecular weight is 373 g/mol. The van der Waals surface area contributed by atoms with Crippen molar-refractivity contribution in [3.05, 3.63) is 59.9 Å². The molecule has 0 atom stereocenters. The molecule has 0 N–H and O–H groups in total. The number of pyridine rings is 1. The van der Waals surface area contributed by atoms with Gasteiger partial charge < -0.3 is 9.64 Å². The summed E-state index contributed by atoms with van der Waals surface area (Å²) in [7, 11) is 0. The zero-order valence-electron chi connectivity index (χ0n) is 14.9. The van der Waals surface area contributed by atoms with Crippen LogP contribution in [0, 0.1) is 11.6 Å². The van der Waals surface area contributed by atoms with Crippen molar-refractivity contribution in [2.45, 2.75) is 25.0 Å². The molecule has 2 fully saturated rings. The van der Waals surface area contributed by atoms with Crippen LogP contribution < -0.4 is 4.90 Å². The number of amides is 1. The van der Waals surface area contributed by atoms with E-state index >= 15 is 0 Å². The second kappa shape index (κ2) is 7.32. The number of carbonyl (C=O) groups excluding carboxylic acids is 1. The fourth-order valence-corrected chi connectivity index (χ4v) is 3.74. The van der Waals surface area contributed by atoms with Gasteiger partial charge in [-0.05, 0) is 49.2 Å². The van der Waals surface area contributed by atoms with Crippen LogP contribution in [0.15, 0.2) is 42.6 Å². The van der Waals surface area contributed by atoms with Crippen LogP contribution in [0.1, 0.15) is 18.5 Å². The Morgan fingerprint density at radius 2 is 1.85 bits per heavy atom. The Labute approximate surface area is 156 Å². The van der Waals surface area contributed by atoms with Crippen LogP contribution in [0.5, 0.6) is 0 Å². The Morgan fingerprint density at radius 1 is 1.11 bits per heavy atom. The predicted molar refractivity (Wildman–Crippen MR) is 96.1 cm³/mol. The first kappa shape index (κ1) is 18.0. The molecule has 3 heterocycles. The van der Waals surface area contributed by atoms with Gasteiger partial charge in [-0.25, -0.2) is 8.78 Å². The van der Waals surface area contributed by atoms with Crippen LogP contribution in [0.3, 0.4) is 0 Å². The molecule has 7 heteroatoms. The van der Waals surface area contributed by atoms with Gasteiger partial charge in [-0.3, -0.25) is 14.7 Å². The number of likely N-dealkylation sites (tertiary alicyclic amines) is 1. The van der Waals surface area contributed by atoms with Crippen LogP contribution in [0.2, 0.25) is 0 Å². The highest BCUT2D eigenvalue weighted by molar-refractivity contribution is 5.95. The third-order valence-corrected chi connectivity index (χ3v) is 5.36. The molecule has 0 bridgehead atoms. The standard InChI is InChI=1S/C20H21F2N3O2/c21-15-3-5-16(6-4-15)25-14-20(27-13-19(25)26)7-10-24(11-8-20)12-18-17(22)2-1-9-23-18/h1-6,9H,7-8,10-14H2. The lowest BCUT2D eigenvalue weighted by atomic mass is 9.89. The molecule has 1 aromatic carbocycles. The summed E-state index contributed by atoms with van der Waals surface area (Å²) < 4.78 is 32.9. The first-order chi connectivity index (χ1) is 13.0. The van der Waals surface area contributed by atoms with Gasteiger partial charge in [0.1, 0.15) is 18.2 Å². The first-order valence-electron chi connectivity index (χ1n) is 9.06. The molecule has 0 radical (unpaired) electrons. The Morgan fingerprint density at radius 3 is 2.56 bits per heavy atom. The smallest absolute Gasteiger partial charge is 0.253 e. The van der Waals surface area contributed by atoms with E-state index < -0.39 is 5.60 Å². The predicted octanol–water partition coefficient (Wildman–Crippen LogP) is 2.76. The van der Waals surface area contributed by atoms with Gasteiger partial charge in [0.05, 0.1) is 17.8 Å². The molecule has 1 amide bonds. The molecule has 27 heavy (non-hydrogen) atoms.